The minimum atomic E-state index is 0.728. The van der Waals surface area contributed by atoms with E-state index in [1.807, 2.05) is 12.4 Å². The molecule has 0 aliphatic carbocycles. The maximum absolute atomic E-state index is 5.08. The number of rotatable bonds is 7. The van der Waals surface area contributed by atoms with Crippen molar-refractivity contribution in [2.24, 2.45) is 0 Å². The number of pyridine rings is 1. The van der Waals surface area contributed by atoms with E-state index < -0.39 is 0 Å². The van der Waals surface area contributed by atoms with Gasteiger partial charge in [-0.1, -0.05) is 6.92 Å². The zero-order chi connectivity index (χ0) is 11.8. The van der Waals surface area contributed by atoms with Gasteiger partial charge in [-0.25, -0.2) is 0 Å². The van der Waals surface area contributed by atoms with E-state index in [9.17, 15) is 0 Å². The third-order valence-electron chi connectivity index (χ3n) is 2.50. The van der Waals surface area contributed by atoms with Gasteiger partial charge >= 0.3 is 0 Å². The highest BCUT2D eigenvalue weighted by atomic mass is 16.5. The average Bonchev–Trinajstić information content (AvgIpc) is 2.33. The van der Waals surface area contributed by atoms with Crippen molar-refractivity contribution in [2.75, 3.05) is 38.8 Å². The number of methoxy groups -OCH3 is 1. The van der Waals surface area contributed by atoms with Crippen LogP contribution in [0, 0.1) is 0 Å². The van der Waals surface area contributed by atoms with Crippen LogP contribution in [0.1, 0.15) is 12.5 Å². The zero-order valence-electron chi connectivity index (χ0n) is 10.4. The Bertz CT molecular complexity index is 304. The molecule has 0 aliphatic rings. The van der Waals surface area contributed by atoms with Gasteiger partial charge in [0.2, 0.25) is 0 Å². The van der Waals surface area contributed by atoms with Crippen LogP contribution >= 0.6 is 0 Å². The summed E-state index contributed by atoms with van der Waals surface area (Å²) in [7, 11) is 3.78. The van der Waals surface area contributed by atoms with Gasteiger partial charge < -0.3 is 15.0 Å². The summed E-state index contributed by atoms with van der Waals surface area (Å²) in [6.45, 7) is 5.57. The van der Waals surface area contributed by atoms with Crippen LogP contribution in [0.5, 0.6) is 0 Å². The van der Waals surface area contributed by atoms with E-state index in [4.69, 9.17) is 4.74 Å². The van der Waals surface area contributed by atoms with Crippen molar-refractivity contribution >= 4 is 5.69 Å². The monoisotopic (exact) mass is 223 g/mol. The van der Waals surface area contributed by atoms with Crippen LogP contribution < -0.4 is 10.2 Å². The molecule has 0 unspecified atom stereocenters. The first-order valence-corrected chi connectivity index (χ1v) is 5.63. The summed E-state index contributed by atoms with van der Waals surface area (Å²) in [5.41, 5.74) is 2.44. The van der Waals surface area contributed by atoms with Crippen molar-refractivity contribution in [3.8, 4) is 0 Å². The van der Waals surface area contributed by atoms with Crippen LogP contribution in [0.3, 0.4) is 0 Å². The van der Waals surface area contributed by atoms with E-state index in [1.54, 1.807) is 7.11 Å². The lowest BCUT2D eigenvalue weighted by Gasteiger charge is -2.21. The number of anilines is 1. The van der Waals surface area contributed by atoms with Gasteiger partial charge in [0.25, 0.3) is 0 Å². The van der Waals surface area contributed by atoms with Crippen molar-refractivity contribution in [3.05, 3.63) is 24.0 Å². The Morgan fingerprint density at radius 1 is 1.50 bits per heavy atom. The predicted molar refractivity (Wildman–Crippen MR) is 66.8 cm³/mol. The average molecular weight is 223 g/mol. The quantitative estimate of drug-likeness (QED) is 0.755. The Morgan fingerprint density at radius 3 is 3.00 bits per heavy atom. The lowest BCUT2D eigenvalue weighted by atomic mass is 10.2. The number of hydrogen-bond acceptors (Lipinski definition) is 4. The Labute approximate surface area is 97.6 Å². The Hall–Kier alpha value is -1.13. The van der Waals surface area contributed by atoms with Gasteiger partial charge in [-0.05, 0) is 18.2 Å². The van der Waals surface area contributed by atoms with Gasteiger partial charge in [0.15, 0.2) is 0 Å². The molecule has 0 fully saturated rings. The smallest absolute Gasteiger partial charge is 0.0637 e. The molecular weight excluding hydrogens is 202 g/mol. The zero-order valence-corrected chi connectivity index (χ0v) is 10.4. The summed E-state index contributed by atoms with van der Waals surface area (Å²) >= 11 is 0. The van der Waals surface area contributed by atoms with E-state index in [0.717, 1.165) is 26.2 Å². The molecule has 0 bridgehead atoms. The molecule has 0 radical (unpaired) electrons. The number of ether oxygens (including phenoxy) is 1. The highest BCUT2D eigenvalue weighted by Gasteiger charge is 2.06. The lowest BCUT2D eigenvalue weighted by molar-refractivity contribution is 0.206. The molecule has 0 atom stereocenters. The molecule has 0 aliphatic heterocycles. The fraction of sp³-hybridized carbons (Fsp3) is 0.583. The molecule has 1 heterocycles. The maximum atomic E-state index is 5.08. The Morgan fingerprint density at radius 2 is 2.31 bits per heavy atom. The van der Waals surface area contributed by atoms with Gasteiger partial charge in [0, 0.05) is 33.4 Å². The van der Waals surface area contributed by atoms with Gasteiger partial charge in [0.05, 0.1) is 18.5 Å². The molecular formula is C12H21N3O. The molecule has 0 saturated carbocycles. The molecule has 1 rings (SSSR count). The number of likely N-dealkylation sites (N-methyl/N-ethyl adjacent to an activating group) is 1. The van der Waals surface area contributed by atoms with Crippen LogP contribution in [0.4, 0.5) is 5.69 Å². The highest BCUT2D eigenvalue weighted by Crippen LogP contribution is 2.17. The SMILES string of the molecule is CCNCc1ccncc1N(C)CCOC. The highest BCUT2D eigenvalue weighted by molar-refractivity contribution is 5.50. The van der Waals surface area contributed by atoms with Crippen LogP contribution in [-0.2, 0) is 11.3 Å². The second kappa shape index (κ2) is 7.19. The van der Waals surface area contributed by atoms with Gasteiger partial charge in [-0.2, -0.15) is 0 Å². The molecule has 1 aromatic heterocycles. The number of hydrogen-bond donors (Lipinski definition) is 1. The van der Waals surface area contributed by atoms with Crippen molar-refractivity contribution in [1.82, 2.24) is 10.3 Å². The van der Waals surface area contributed by atoms with E-state index in [-0.39, 0.29) is 0 Å². The fourth-order valence-corrected chi connectivity index (χ4v) is 1.52. The first-order valence-electron chi connectivity index (χ1n) is 5.63. The maximum Gasteiger partial charge on any atom is 0.0637 e. The first-order chi connectivity index (χ1) is 7.79. The fourth-order valence-electron chi connectivity index (χ4n) is 1.52. The molecule has 0 spiro atoms. The largest absolute Gasteiger partial charge is 0.383 e. The van der Waals surface area contributed by atoms with Crippen molar-refractivity contribution in [2.45, 2.75) is 13.5 Å². The van der Waals surface area contributed by atoms with Crippen molar-refractivity contribution < 1.29 is 4.74 Å². The van der Waals surface area contributed by atoms with Crippen LogP contribution in [0.2, 0.25) is 0 Å². The van der Waals surface area contributed by atoms with Gasteiger partial charge in [-0.3, -0.25) is 4.98 Å². The van der Waals surface area contributed by atoms with E-state index in [0.29, 0.717) is 0 Å². The molecule has 0 aromatic carbocycles. The van der Waals surface area contributed by atoms with Crippen LogP contribution in [0.25, 0.3) is 0 Å². The molecule has 4 nitrogen and oxygen atoms in total. The summed E-state index contributed by atoms with van der Waals surface area (Å²) in [6, 6.07) is 2.06. The van der Waals surface area contributed by atoms with Crippen molar-refractivity contribution in [1.29, 1.82) is 0 Å². The summed E-state index contributed by atoms with van der Waals surface area (Å²) in [6.07, 6.45) is 3.74. The standard InChI is InChI=1S/C12H21N3O/c1-4-13-9-11-5-6-14-10-12(11)15(2)7-8-16-3/h5-6,10,13H,4,7-9H2,1-3H3. The third kappa shape index (κ3) is 3.79. The van der Waals surface area contributed by atoms with Gasteiger partial charge in [-0.15, -0.1) is 0 Å². The normalized spacial score (nSPS) is 10.4. The minimum Gasteiger partial charge on any atom is -0.383 e. The predicted octanol–water partition coefficient (Wildman–Crippen LogP) is 1.27. The number of nitrogens with one attached hydrogen (secondary N) is 1. The topological polar surface area (TPSA) is 37.4 Å². The first kappa shape index (κ1) is 12.9. The molecule has 0 saturated heterocycles. The van der Waals surface area contributed by atoms with E-state index in [2.05, 4.69) is 35.2 Å². The van der Waals surface area contributed by atoms with E-state index >= 15 is 0 Å². The second-order valence-corrected chi connectivity index (χ2v) is 3.70. The number of aromatic nitrogens is 1. The van der Waals surface area contributed by atoms with Crippen LogP contribution in [-0.4, -0.2) is 38.8 Å². The second-order valence-electron chi connectivity index (χ2n) is 3.70. The van der Waals surface area contributed by atoms with Crippen molar-refractivity contribution in [3.63, 3.8) is 0 Å². The molecule has 16 heavy (non-hydrogen) atoms. The summed E-state index contributed by atoms with van der Waals surface area (Å²) < 4.78 is 5.08. The summed E-state index contributed by atoms with van der Waals surface area (Å²) in [4.78, 5) is 6.34. The minimum absolute atomic E-state index is 0.728. The Kier molecular flexibility index (Phi) is 5.82. The molecule has 0 amide bonds. The Balaban J connectivity index is 2.68. The molecule has 1 N–H and O–H groups in total. The molecule has 90 valence electrons. The number of nitrogens with zero attached hydrogens (tertiary/aromatic N) is 2. The summed E-state index contributed by atoms with van der Waals surface area (Å²) in [5.74, 6) is 0. The molecule has 4 heteroatoms. The molecule has 1 aromatic rings. The lowest BCUT2D eigenvalue weighted by Crippen LogP contribution is -2.24. The van der Waals surface area contributed by atoms with Gasteiger partial charge in [0.1, 0.15) is 0 Å². The van der Waals surface area contributed by atoms with E-state index in [1.165, 1.54) is 11.3 Å². The third-order valence-corrected chi connectivity index (χ3v) is 2.50. The van der Waals surface area contributed by atoms with Crippen LogP contribution in [0.15, 0.2) is 18.5 Å². The summed E-state index contributed by atoms with van der Waals surface area (Å²) in [5, 5.41) is 3.33.